The summed E-state index contributed by atoms with van der Waals surface area (Å²) in [6.07, 6.45) is 6.62. The molecule has 3 aromatic rings. The predicted octanol–water partition coefficient (Wildman–Crippen LogP) is 4.53. The lowest BCUT2D eigenvalue weighted by molar-refractivity contribution is 0.122. The number of hydrogen-bond acceptors (Lipinski definition) is 8. The van der Waals surface area contributed by atoms with Gasteiger partial charge in [-0.1, -0.05) is 37.3 Å². The van der Waals surface area contributed by atoms with E-state index in [0.717, 1.165) is 68.3 Å². The van der Waals surface area contributed by atoms with Gasteiger partial charge >= 0.3 is 0 Å². The van der Waals surface area contributed by atoms with E-state index >= 15 is 0 Å². The molecule has 1 fully saturated rings. The van der Waals surface area contributed by atoms with Gasteiger partial charge in [-0.25, -0.2) is 9.97 Å². The molecular formula is C26H31N5O2S. The van der Waals surface area contributed by atoms with Crippen molar-refractivity contribution in [1.29, 1.82) is 0 Å². The van der Waals surface area contributed by atoms with E-state index in [1.807, 2.05) is 32.0 Å². The van der Waals surface area contributed by atoms with Crippen LogP contribution in [0.25, 0.3) is 27.2 Å². The smallest absolute Gasteiger partial charge is 0.162 e. The van der Waals surface area contributed by atoms with E-state index in [4.69, 9.17) is 20.5 Å². The fraction of sp³-hybridized carbons (Fsp3) is 0.346. The summed E-state index contributed by atoms with van der Waals surface area (Å²) < 4.78 is 6.64. The number of aromatic nitrogens is 2. The van der Waals surface area contributed by atoms with Gasteiger partial charge in [0.15, 0.2) is 11.6 Å². The molecule has 1 aliphatic rings. The Kier molecular flexibility index (Phi) is 7.72. The van der Waals surface area contributed by atoms with Gasteiger partial charge in [0, 0.05) is 29.1 Å². The lowest BCUT2D eigenvalue weighted by atomic mass is 10.0. The molecule has 3 heterocycles. The van der Waals surface area contributed by atoms with Crippen molar-refractivity contribution >= 4 is 39.2 Å². The summed E-state index contributed by atoms with van der Waals surface area (Å²) >= 11 is 1.69. The Morgan fingerprint density at radius 3 is 2.76 bits per heavy atom. The average Bonchev–Trinajstić information content (AvgIpc) is 3.30. The summed E-state index contributed by atoms with van der Waals surface area (Å²) in [7, 11) is 0. The Labute approximate surface area is 204 Å². The lowest BCUT2D eigenvalue weighted by Crippen LogP contribution is -2.36. The van der Waals surface area contributed by atoms with Gasteiger partial charge in [0.2, 0.25) is 0 Å². The molecule has 0 aliphatic carbocycles. The summed E-state index contributed by atoms with van der Waals surface area (Å²) in [5.74, 6) is 7.08. The third kappa shape index (κ3) is 4.89. The van der Waals surface area contributed by atoms with E-state index < -0.39 is 0 Å². The van der Waals surface area contributed by atoms with Gasteiger partial charge in [-0.3, -0.25) is 0 Å². The van der Waals surface area contributed by atoms with Gasteiger partial charge in [-0.15, -0.1) is 11.3 Å². The number of morpholine rings is 1. The van der Waals surface area contributed by atoms with Crippen LogP contribution in [0, 0.1) is 6.92 Å². The number of aliphatic hydroxyl groups excluding tert-OH is 1. The van der Waals surface area contributed by atoms with Crippen molar-refractivity contribution < 1.29 is 9.84 Å². The Bertz CT molecular complexity index is 1250. The topological polar surface area (TPSA) is 96.9 Å². The zero-order valence-corrected chi connectivity index (χ0v) is 20.7. The number of benzene rings is 1. The minimum atomic E-state index is 0.0561. The Morgan fingerprint density at radius 2 is 2.09 bits per heavy atom. The van der Waals surface area contributed by atoms with Gasteiger partial charge in [-0.2, -0.15) is 5.10 Å². The fourth-order valence-corrected chi connectivity index (χ4v) is 5.22. The van der Waals surface area contributed by atoms with E-state index in [0.29, 0.717) is 19.0 Å². The van der Waals surface area contributed by atoms with Crippen LogP contribution in [0.15, 0.2) is 47.1 Å². The number of nitrogens with two attached hydrogens (primary N) is 1. The molecule has 8 heteroatoms. The highest BCUT2D eigenvalue weighted by Gasteiger charge is 2.21. The zero-order chi connectivity index (χ0) is 24.1. The second kappa shape index (κ2) is 10.9. The largest absolute Gasteiger partial charge is 0.392 e. The van der Waals surface area contributed by atoms with Crippen LogP contribution in [0.2, 0.25) is 0 Å². The third-order valence-electron chi connectivity index (χ3n) is 6.05. The zero-order valence-electron chi connectivity index (χ0n) is 19.9. The Hall–Kier alpha value is -3.07. The molecule has 3 N–H and O–H groups in total. The molecule has 2 aromatic heterocycles. The first-order valence-corrected chi connectivity index (χ1v) is 12.4. The summed E-state index contributed by atoms with van der Waals surface area (Å²) in [4.78, 5) is 13.4. The summed E-state index contributed by atoms with van der Waals surface area (Å²) in [5, 5.41) is 13.4. The molecule has 1 aliphatic heterocycles. The van der Waals surface area contributed by atoms with E-state index in [1.165, 1.54) is 0 Å². The highest BCUT2D eigenvalue weighted by molar-refractivity contribution is 7.20. The van der Waals surface area contributed by atoms with Crippen molar-refractivity contribution in [3.8, 4) is 11.4 Å². The number of rotatable bonds is 7. The highest BCUT2D eigenvalue weighted by atomic mass is 32.1. The number of nitrogens with zero attached hydrogens (tertiary/aromatic N) is 4. The van der Waals surface area contributed by atoms with Crippen LogP contribution >= 0.6 is 11.3 Å². The van der Waals surface area contributed by atoms with Crippen molar-refractivity contribution in [1.82, 2.24) is 9.97 Å². The molecule has 0 spiro atoms. The van der Waals surface area contributed by atoms with Crippen molar-refractivity contribution in [2.24, 2.45) is 10.9 Å². The van der Waals surface area contributed by atoms with Crippen molar-refractivity contribution in [3.05, 3.63) is 58.0 Å². The van der Waals surface area contributed by atoms with Crippen molar-refractivity contribution in [2.45, 2.75) is 27.2 Å². The molecule has 4 rings (SSSR count). The molecule has 7 nitrogen and oxygen atoms in total. The van der Waals surface area contributed by atoms with E-state index in [2.05, 4.69) is 35.1 Å². The van der Waals surface area contributed by atoms with Crippen LogP contribution in [0.1, 0.15) is 36.3 Å². The Balaban J connectivity index is 1.92. The van der Waals surface area contributed by atoms with Gasteiger partial charge in [-0.05, 0) is 43.0 Å². The molecule has 0 atom stereocenters. The first-order chi connectivity index (χ1) is 16.6. The standard InChI is InChI=1S/C26H31N5O2S/c1-4-18(16-32)13-19(5-2)23-14-22-24(34-23)26(31-9-11-33-12-10-31)30-25(29-22)20-8-6-7-17(3)21(20)15-28-27/h5-8,13-15,32H,4,9-12,16,27H2,1-3H3/b18-13+,19-5+,28-15-. The second-order valence-corrected chi connectivity index (χ2v) is 9.22. The molecule has 0 amide bonds. The fourth-order valence-electron chi connectivity index (χ4n) is 4.06. The SMILES string of the molecule is C/C=C(\C=C(/CC)CO)c1cc2nc(-c3cccc(C)c3/C=N\N)nc(N3CCOCC3)c2s1. The molecule has 178 valence electrons. The second-order valence-electron chi connectivity index (χ2n) is 8.17. The number of anilines is 1. The van der Waals surface area contributed by atoms with Crippen LogP contribution in [-0.4, -0.2) is 54.2 Å². The first-order valence-electron chi connectivity index (χ1n) is 11.5. The number of ether oxygens (including phenoxy) is 1. The number of aryl methyl sites for hydroxylation is 1. The van der Waals surface area contributed by atoms with Crippen LogP contribution in [0.3, 0.4) is 0 Å². The maximum absolute atomic E-state index is 9.67. The maximum Gasteiger partial charge on any atom is 0.162 e. The lowest BCUT2D eigenvalue weighted by Gasteiger charge is -2.28. The highest BCUT2D eigenvalue weighted by Crippen LogP contribution is 2.38. The van der Waals surface area contributed by atoms with Crippen LogP contribution in [0.5, 0.6) is 0 Å². The molecule has 1 saturated heterocycles. The van der Waals surface area contributed by atoms with E-state index in [9.17, 15) is 5.11 Å². The van der Waals surface area contributed by atoms with Crippen molar-refractivity contribution in [2.75, 3.05) is 37.8 Å². The first kappa shape index (κ1) is 24.1. The number of aliphatic hydroxyl groups is 1. The monoisotopic (exact) mass is 477 g/mol. The van der Waals surface area contributed by atoms with Crippen LogP contribution in [-0.2, 0) is 4.74 Å². The third-order valence-corrected chi connectivity index (χ3v) is 7.21. The summed E-state index contributed by atoms with van der Waals surface area (Å²) in [6, 6.07) is 8.17. The summed E-state index contributed by atoms with van der Waals surface area (Å²) in [6.45, 7) is 9.07. The maximum atomic E-state index is 9.67. The van der Waals surface area contributed by atoms with Crippen LogP contribution < -0.4 is 10.7 Å². The molecule has 1 aromatic carbocycles. The van der Waals surface area contributed by atoms with Gasteiger partial charge in [0.1, 0.15) is 0 Å². The molecule has 0 bridgehead atoms. The normalized spacial score (nSPS) is 15.6. The van der Waals surface area contributed by atoms with Gasteiger partial charge in [0.25, 0.3) is 0 Å². The quantitative estimate of drug-likeness (QED) is 0.225. The number of allylic oxidation sites excluding steroid dienone is 3. The van der Waals surface area contributed by atoms with Crippen molar-refractivity contribution in [3.63, 3.8) is 0 Å². The summed E-state index contributed by atoms with van der Waals surface area (Å²) in [5.41, 5.74) is 5.86. The molecular weight excluding hydrogens is 446 g/mol. The number of hydrazone groups is 1. The average molecular weight is 478 g/mol. The van der Waals surface area contributed by atoms with E-state index in [1.54, 1.807) is 17.6 Å². The Morgan fingerprint density at radius 1 is 1.29 bits per heavy atom. The predicted molar refractivity (Wildman–Crippen MR) is 142 cm³/mol. The minimum absolute atomic E-state index is 0.0561. The minimum Gasteiger partial charge on any atom is -0.392 e. The molecule has 0 radical (unpaired) electrons. The number of hydrogen-bond donors (Lipinski definition) is 2. The van der Waals surface area contributed by atoms with Gasteiger partial charge in [0.05, 0.1) is 36.3 Å². The molecule has 0 saturated carbocycles. The van der Waals surface area contributed by atoms with E-state index in [-0.39, 0.29) is 6.61 Å². The number of fused-ring (bicyclic) bond motifs is 1. The molecule has 34 heavy (non-hydrogen) atoms. The number of thiophene rings is 1. The van der Waals surface area contributed by atoms with Crippen LogP contribution in [0.4, 0.5) is 5.82 Å². The molecule has 0 unspecified atom stereocenters. The van der Waals surface area contributed by atoms with Gasteiger partial charge < -0.3 is 20.6 Å².